The van der Waals surface area contributed by atoms with Gasteiger partial charge in [0.1, 0.15) is 5.82 Å². The van der Waals surface area contributed by atoms with Crippen LogP contribution in [0.2, 0.25) is 0 Å². The monoisotopic (exact) mass is 349 g/mol. The van der Waals surface area contributed by atoms with Crippen LogP contribution < -0.4 is 20.6 Å². The number of hydroxylamine groups is 1. The minimum atomic E-state index is -1.69. The molecule has 0 saturated carbocycles. The number of hydrogen-bond donors (Lipinski definition) is 1. The van der Waals surface area contributed by atoms with Gasteiger partial charge in [0.15, 0.2) is 5.43 Å². The number of carboxylic acid groups (broad SMARTS) is 1. The van der Waals surface area contributed by atoms with Crippen LogP contribution in [0.4, 0.5) is 10.1 Å². The average molecular weight is 349 g/mol. The van der Waals surface area contributed by atoms with Gasteiger partial charge >= 0.3 is 0 Å². The van der Waals surface area contributed by atoms with Crippen LogP contribution in [-0.4, -0.2) is 61.0 Å². The van der Waals surface area contributed by atoms with E-state index in [0.29, 0.717) is 23.9 Å². The second-order valence-electron chi connectivity index (χ2n) is 6.10. The summed E-state index contributed by atoms with van der Waals surface area (Å²) < 4.78 is 15.7. The van der Waals surface area contributed by atoms with Crippen LogP contribution in [0.3, 0.4) is 0 Å². The Bertz CT molecular complexity index is 888. The van der Waals surface area contributed by atoms with Crippen molar-refractivity contribution in [3.05, 3.63) is 39.9 Å². The van der Waals surface area contributed by atoms with Gasteiger partial charge in [0.25, 0.3) is 0 Å². The van der Waals surface area contributed by atoms with Crippen molar-refractivity contribution in [1.82, 2.24) is 9.58 Å². The Balaban J connectivity index is 2.22. The SMILES string of the molecule is CN1CCN(c2cc3c(cc2F)c(=O)c(C(=O)[O-])cn3N(C)O)CC1. The molecule has 3 rings (SSSR count). The fourth-order valence-corrected chi connectivity index (χ4v) is 2.99. The fourth-order valence-electron chi connectivity index (χ4n) is 2.99. The average Bonchev–Trinajstić information content (AvgIpc) is 2.55. The molecule has 8 nitrogen and oxygen atoms in total. The number of piperazine rings is 1. The molecule has 0 amide bonds. The minimum Gasteiger partial charge on any atom is -0.545 e. The van der Waals surface area contributed by atoms with Crippen LogP contribution in [0.5, 0.6) is 0 Å². The Hall–Kier alpha value is -2.65. The zero-order valence-electron chi connectivity index (χ0n) is 13.9. The molecular formula is C16H18FN4O4-. The van der Waals surface area contributed by atoms with Gasteiger partial charge in [-0.1, -0.05) is 0 Å². The zero-order valence-corrected chi connectivity index (χ0v) is 13.9. The van der Waals surface area contributed by atoms with Gasteiger partial charge in [0, 0.05) is 32.4 Å². The predicted octanol–water partition coefficient (Wildman–Crippen LogP) is -0.787. The number of hydrogen-bond acceptors (Lipinski definition) is 7. The summed E-state index contributed by atoms with van der Waals surface area (Å²) in [5.41, 5.74) is -0.996. The molecule has 1 fully saturated rings. The minimum absolute atomic E-state index is 0.141. The van der Waals surface area contributed by atoms with Gasteiger partial charge < -0.3 is 19.7 Å². The Kier molecular flexibility index (Phi) is 4.36. The van der Waals surface area contributed by atoms with Crippen LogP contribution in [0.25, 0.3) is 10.9 Å². The Morgan fingerprint density at radius 1 is 1.28 bits per heavy atom. The van der Waals surface area contributed by atoms with Gasteiger partial charge in [-0.25, -0.2) is 9.07 Å². The van der Waals surface area contributed by atoms with Crippen LogP contribution in [-0.2, 0) is 0 Å². The largest absolute Gasteiger partial charge is 0.545 e. The number of halogens is 1. The highest BCUT2D eigenvalue weighted by molar-refractivity contribution is 5.92. The van der Waals surface area contributed by atoms with E-state index in [1.54, 1.807) is 0 Å². The summed E-state index contributed by atoms with van der Waals surface area (Å²) in [5, 5.41) is 21.4. The van der Waals surface area contributed by atoms with E-state index in [-0.39, 0.29) is 10.9 Å². The van der Waals surface area contributed by atoms with Crippen LogP contribution >= 0.6 is 0 Å². The number of likely N-dealkylation sites (N-methyl/N-ethyl adjacent to an activating group) is 1. The van der Waals surface area contributed by atoms with E-state index in [9.17, 15) is 24.3 Å². The van der Waals surface area contributed by atoms with E-state index < -0.39 is 22.8 Å². The summed E-state index contributed by atoms with van der Waals surface area (Å²) in [6.45, 7) is 2.78. The number of carbonyl (C=O) groups excluding carboxylic acids is 1. The van der Waals surface area contributed by atoms with Crippen molar-refractivity contribution in [3.8, 4) is 0 Å². The molecule has 1 saturated heterocycles. The molecule has 25 heavy (non-hydrogen) atoms. The Morgan fingerprint density at radius 3 is 2.48 bits per heavy atom. The number of anilines is 1. The lowest BCUT2D eigenvalue weighted by atomic mass is 10.1. The first-order valence-electron chi connectivity index (χ1n) is 7.76. The van der Waals surface area contributed by atoms with E-state index in [2.05, 4.69) is 4.90 Å². The topological polar surface area (TPSA) is 92.1 Å². The second kappa shape index (κ2) is 6.34. The molecule has 1 aromatic carbocycles. The van der Waals surface area contributed by atoms with E-state index in [1.807, 2.05) is 11.9 Å². The van der Waals surface area contributed by atoms with Gasteiger partial charge in [0.05, 0.1) is 35.2 Å². The Morgan fingerprint density at radius 2 is 1.92 bits per heavy atom. The Labute approximate surface area is 142 Å². The maximum absolute atomic E-state index is 14.6. The number of aromatic carboxylic acids is 1. The molecule has 1 aliphatic rings. The first-order valence-corrected chi connectivity index (χ1v) is 7.76. The standard InChI is InChI=1S/C16H19FN4O4/c1-18-3-5-20(6-4-18)14-8-13-10(7-12(14)17)15(22)11(16(23)24)9-21(13)19(2)25/h7-9,25H,3-6H2,1-2H3,(H,23,24)/p-1. The van der Waals surface area contributed by atoms with Gasteiger partial charge in [-0.15, -0.1) is 0 Å². The van der Waals surface area contributed by atoms with E-state index in [0.717, 1.165) is 30.0 Å². The number of rotatable bonds is 3. The highest BCUT2D eigenvalue weighted by Crippen LogP contribution is 2.26. The third kappa shape index (κ3) is 3.03. The van der Waals surface area contributed by atoms with Crippen LogP contribution in [0.15, 0.2) is 23.1 Å². The van der Waals surface area contributed by atoms with E-state index in [4.69, 9.17) is 0 Å². The summed E-state index contributed by atoms with van der Waals surface area (Å²) in [7, 11) is 3.25. The maximum atomic E-state index is 14.6. The molecule has 2 aromatic rings. The quantitative estimate of drug-likeness (QED) is 0.726. The van der Waals surface area contributed by atoms with Crippen molar-refractivity contribution in [2.24, 2.45) is 0 Å². The number of fused-ring (bicyclic) bond motifs is 1. The summed E-state index contributed by atoms with van der Waals surface area (Å²) in [6.07, 6.45) is 0.964. The third-order valence-electron chi connectivity index (χ3n) is 4.43. The number of pyridine rings is 1. The lowest BCUT2D eigenvalue weighted by Crippen LogP contribution is -2.45. The van der Waals surface area contributed by atoms with Gasteiger partial charge in [-0.05, 0) is 19.2 Å². The molecule has 1 aliphatic heterocycles. The van der Waals surface area contributed by atoms with Gasteiger partial charge in [-0.3, -0.25) is 10.0 Å². The highest BCUT2D eigenvalue weighted by atomic mass is 19.1. The molecule has 1 aromatic heterocycles. The smallest absolute Gasteiger partial charge is 0.198 e. The molecular weight excluding hydrogens is 331 g/mol. The number of benzene rings is 1. The highest BCUT2D eigenvalue weighted by Gasteiger charge is 2.21. The van der Waals surface area contributed by atoms with Crippen molar-refractivity contribution >= 4 is 22.6 Å². The van der Waals surface area contributed by atoms with Crippen molar-refractivity contribution in [2.45, 2.75) is 0 Å². The molecule has 2 heterocycles. The molecule has 0 aliphatic carbocycles. The first kappa shape index (κ1) is 17.2. The number of carbonyl (C=O) groups is 1. The van der Waals surface area contributed by atoms with Crippen molar-refractivity contribution in [1.29, 1.82) is 0 Å². The third-order valence-corrected chi connectivity index (χ3v) is 4.43. The molecule has 0 spiro atoms. The summed E-state index contributed by atoms with van der Waals surface area (Å²) >= 11 is 0. The predicted molar refractivity (Wildman–Crippen MR) is 88.1 cm³/mol. The molecule has 9 heteroatoms. The molecule has 1 N–H and O–H groups in total. The van der Waals surface area contributed by atoms with Crippen LogP contribution in [0, 0.1) is 5.82 Å². The number of aromatic nitrogens is 1. The molecule has 0 atom stereocenters. The molecule has 134 valence electrons. The van der Waals surface area contributed by atoms with Gasteiger partial charge in [-0.2, -0.15) is 5.17 Å². The van der Waals surface area contributed by atoms with Crippen molar-refractivity contribution < 1.29 is 19.5 Å². The summed E-state index contributed by atoms with van der Waals surface area (Å²) in [5.74, 6) is -2.30. The van der Waals surface area contributed by atoms with Crippen molar-refractivity contribution in [3.63, 3.8) is 0 Å². The summed E-state index contributed by atoms with van der Waals surface area (Å²) in [4.78, 5) is 27.4. The van der Waals surface area contributed by atoms with Crippen LogP contribution in [0.1, 0.15) is 10.4 Å². The second-order valence-corrected chi connectivity index (χ2v) is 6.10. The molecule has 0 unspecified atom stereocenters. The molecule has 0 radical (unpaired) electrons. The van der Waals surface area contributed by atoms with E-state index in [1.165, 1.54) is 13.1 Å². The first-order chi connectivity index (χ1) is 11.8. The number of carboxylic acids is 1. The van der Waals surface area contributed by atoms with E-state index >= 15 is 0 Å². The van der Waals surface area contributed by atoms with Gasteiger partial charge in [0.2, 0.25) is 0 Å². The van der Waals surface area contributed by atoms with Crippen molar-refractivity contribution in [2.75, 3.05) is 50.3 Å². The number of nitrogens with zero attached hydrogens (tertiary/aromatic N) is 4. The normalized spacial score (nSPS) is 15.6. The fraction of sp³-hybridized carbons (Fsp3) is 0.375. The molecule has 0 bridgehead atoms. The maximum Gasteiger partial charge on any atom is 0.198 e. The zero-order chi connectivity index (χ0) is 18.3. The lowest BCUT2D eigenvalue weighted by molar-refractivity contribution is -0.255. The summed E-state index contributed by atoms with van der Waals surface area (Å²) in [6, 6.07) is 2.46. The lowest BCUT2D eigenvalue weighted by Gasteiger charge is -2.34.